The zero-order valence-electron chi connectivity index (χ0n) is 8.51. The largest absolute Gasteiger partial charge is 1.00 e. The van der Waals surface area contributed by atoms with E-state index in [4.69, 9.17) is 17.5 Å². The third kappa shape index (κ3) is 18.8. The maximum Gasteiger partial charge on any atom is 1.00 e. The molecule has 0 fully saturated rings. The van der Waals surface area contributed by atoms with Gasteiger partial charge in [0.1, 0.15) is 0 Å². The Kier molecular flexibility index (Phi) is 8.96. The van der Waals surface area contributed by atoms with Crippen molar-refractivity contribution in [2.75, 3.05) is 0 Å². The van der Waals surface area contributed by atoms with Crippen LogP contribution in [0.5, 0.6) is 0 Å². The van der Waals surface area contributed by atoms with Crippen molar-refractivity contribution in [1.82, 2.24) is 0 Å². The Morgan fingerprint density at radius 1 is 1.15 bits per heavy atom. The first kappa shape index (κ1) is 15.6. The van der Waals surface area contributed by atoms with E-state index in [0.29, 0.717) is 0 Å². The smallest absolute Gasteiger partial charge is 1.00 e. The summed E-state index contributed by atoms with van der Waals surface area (Å²) in [5.41, 5.74) is 1.32. The van der Waals surface area contributed by atoms with Gasteiger partial charge in [-0.3, -0.25) is 9.11 Å². The zero-order valence-corrected chi connectivity index (χ0v) is 10.3. The molecule has 0 heterocycles. The summed E-state index contributed by atoms with van der Waals surface area (Å²) in [7, 11) is -4.67. The Bertz CT molecular complexity index is 306. The second kappa shape index (κ2) is 7.49. The van der Waals surface area contributed by atoms with Crippen LogP contribution in [0, 0.1) is 6.92 Å². The molecule has 0 saturated heterocycles. The van der Waals surface area contributed by atoms with Crippen molar-refractivity contribution in [2.45, 2.75) is 6.92 Å². The summed E-state index contributed by atoms with van der Waals surface area (Å²) in [6.45, 7) is 2.08. The van der Waals surface area contributed by atoms with E-state index in [2.05, 4.69) is 19.1 Å². The summed E-state index contributed by atoms with van der Waals surface area (Å²) < 4.78 is 31.6. The Morgan fingerprint density at radius 2 is 1.46 bits per heavy atom. The molecule has 1 aromatic rings. The SMILES string of the molecule is Cc1ccccc1.O=S(=O)(O)O.[H-].[Na+]. The average Bonchev–Trinajstić information content (AvgIpc) is 1.85. The molecule has 13 heavy (non-hydrogen) atoms. The van der Waals surface area contributed by atoms with E-state index in [-0.39, 0.29) is 31.0 Å². The minimum atomic E-state index is -4.67. The molecular formula is C7H11NaO4S. The van der Waals surface area contributed by atoms with Crippen molar-refractivity contribution in [1.29, 1.82) is 0 Å². The van der Waals surface area contributed by atoms with Crippen LogP contribution in [0.4, 0.5) is 0 Å². The number of rotatable bonds is 0. The van der Waals surface area contributed by atoms with Gasteiger partial charge >= 0.3 is 40.0 Å². The first-order valence-corrected chi connectivity index (χ1v) is 4.51. The van der Waals surface area contributed by atoms with Crippen LogP contribution < -0.4 is 29.6 Å². The van der Waals surface area contributed by atoms with E-state index < -0.39 is 10.4 Å². The summed E-state index contributed by atoms with van der Waals surface area (Å²) >= 11 is 0. The van der Waals surface area contributed by atoms with E-state index in [1.165, 1.54) is 5.56 Å². The fourth-order valence-corrected chi connectivity index (χ4v) is 0.534. The average molecular weight is 214 g/mol. The molecule has 0 amide bonds. The molecule has 0 aliphatic carbocycles. The van der Waals surface area contributed by atoms with Crippen LogP contribution in [0.1, 0.15) is 6.99 Å². The van der Waals surface area contributed by atoms with Gasteiger partial charge in [-0.1, -0.05) is 35.9 Å². The monoisotopic (exact) mass is 214 g/mol. The van der Waals surface area contributed by atoms with Gasteiger partial charge in [0, 0.05) is 0 Å². The van der Waals surface area contributed by atoms with E-state index in [1.807, 2.05) is 18.2 Å². The third-order valence-electron chi connectivity index (χ3n) is 0.940. The molecule has 0 saturated carbocycles. The van der Waals surface area contributed by atoms with Gasteiger partial charge < -0.3 is 1.43 Å². The van der Waals surface area contributed by atoms with Gasteiger partial charge in [-0.05, 0) is 6.92 Å². The fourth-order valence-electron chi connectivity index (χ4n) is 0.534. The van der Waals surface area contributed by atoms with Gasteiger partial charge in [-0.2, -0.15) is 8.42 Å². The van der Waals surface area contributed by atoms with E-state index in [0.717, 1.165) is 0 Å². The molecule has 6 heteroatoms. The van der Waals surface area contributed by atoms with Crippen LogP contribution in [-0.4, -0.2) is 17.5 Å². The zero-order chi connectivity index (χ0) is 9.61. The molecule has 70 valence electrons. The maximum atomic E-state index is 8.74. The normalized spacial score (nSPS) is 9.15. The number of hydrogen-bond acceptors (Lipinski definition) is 2. The molecule has 1 rings (SSSR count). The van der Waals surface area contributed by atoms with Gasteiger partial charge in [0.05, 0.1) is 0 Å². The van der Waals surface area contributed by atoms with E-state index in [1.54, 1.807) is 0 Å². The second-order valence-corrected chi connectivity index (χ2v) is 3.00. The summed E-state index contributed by atoms with van der Waals surface area (Å²) in [4.78, 5) is 0. The first-order chi connectivity index (χ1) is 5.39. The number of benzene rings is 1. The number of aryl methyl sites for hydroxylation is 1. The van der Waals surface area contributed by atoms with Crippen LogP contribution in [0.2, 0.25) is 0 Å². The fraction of sp³-hybridized carbons (Fsp3) is 0.143. The van der Waals surface area contributed by atoms with Crippen molar-refractivity contribution >= 4 is 10.4 Å². The van der Waals surface area contributed by atoms with Gasteiger partial charge in [0.2, 0.25) is 0 Å². The van der Waals surface area contributed by atoms with Gasteiger partial charge in [-0.25, -0.2) is 0 Å². The predicted molar refractivity (Wildman–Crippen MR) is 46.5 cm³/mol. The number of hydrogen-bond donors (Lipinski definition) is 2. The molecule has 4 nitrogen and oxygen atoms in total. The van der Waals surface area contributed by atoms with E-state index in [9.17, 15) is 0 Å². The molecule has 0 radical (unpaired) electrons. The van der Waals surface area contributed by atoms with Crippen molar-refractivity contribution in [3.05, 3.63) is 35.9 Å². The second-order valence-electron chi connectivity index (χ2n) is 2.10. The van der Waals surface area contributed by atoms with Crippen LogP contribution in [0.3, 0.4) is 0 Å². The van der Waals surface area contributed by atoms with Crippen molar-refractivity contribution < 1.29 is 48.5 Å². The molecule has 0 bridgehead atoms. The molecule has 0 unspecified atom stereocenters. The van der Waals surface area contributed by atoms with Crippen LogP contribution in [-0.2, 0) is 10.4 Å². The summed E-state index contributed by atoms with van der Waals surface area (Å²) in [5.74, 6) is 0. The molecule has 1 aromatic carbocycles. The Hall–Kier alpha value is 0.0900. The van der Waals surface area contributed by atoms with E-state index >= 15 is 0 Å². The third-order valence-corrected chi connectivity index (χ3v) is 0.940. The summed E-state index contributed by atoms with van der Waals surface area (Å²) in [6, 6.07) is 10.3. The van der Waals surface area contributed by atoms with Crippen LogP contribution in [0.25, 0.3) is 0 Å². The maximum absolute atomic E-state index is 8.74. The first-order valence-electron chi connectivity index (χ1n) is 3.11. The van der Waals surface area contributed by atoms with Gasteiger partial charge in [0.25, 0.3) is 0 Å². The van der Waals surface area contributed by atoms with Crippen LogP contribution in [0.15, 0.2) is 30.3 Å². The standard InChI is InChI=1S/C7H8.Na.H2O4S.H/c1-7-5-3-2-4-6-7;;1-5(2,3)4;/h2-6H,1H3;;(H2,1,2,3,4);/q;+1;;-1. The Morgan fingerprint density at radius 3 is 1.62 bits per heavy atom. The topological polar surface area (TPSA) is 74.6 Å². The molecule has 0 spiro atoms. The molecule has 0 atom stereocenters. The van der Waals surface area contributed by atoms with Crippen LogP contribution >= 0.6 is 0 Å². The molecule has 2 N–H and O–H groups in total. The minimum Gasteiger partial charge on any atom is -1.00 e. The predicted octanol–water partition coefficient (Wildman–Crippen LogP) is -1.54. The molecule has 0 aliphatic heterocycles. The molecule has 0 aromatic heterocycles. The molecule has 0 aliphatic rings. The summed E-state index contributed by atoms with van der Waals surface area (Å²) in [5, 5.41) is 0. The summed E-state index contributed by atoms with van der Waals surface area (Å²) in [6.07, 6.45) is 0. The molecular weight excluding hydrogens is 203 g/mol. The quantitative estimate of drug-likeness (QED) is 0.405. The van der Waals surface area contributed by atoms with Crippen molar-refractivity contribution in [3.8, 4) is 0 Å². The minimum absolute atomic E-state index is 0. The van der Waals surface area contributed by atoms with Crippen molar-refractivity contribution in [3.63, 3.8) is 0 Å². The Balaban J connectivity index is -0.000000159. The van der Waals surface area contributed by atoms with Crippen molar-refractivity contribution in [2.24, 2.45) is 0 Å². The van der Waals surface area contributed by atoms with Gasteiger partial charge in [0.15, 0.2) is 0 Å². The Labute approximate surface area is 101 Å². The van der Waals surface area contributed by atoms with Gasteiger partial charge in [-0.15, -0.1) is 0 Å².